The van der Waals surface area contributed by atoms with Crippen LogP contribution in [-0.4, -0.2) is 57.0 Å². The first-order valence-electron chi connectivity index (χ1n) is 14.2. The lowest BCUT2D eigenvalue weighted by atomic mass is 10.1. The summed E-state index contributed by atoms with van der Waals surface area (Å²) in [6, 6.07) is 12.6. The highest BCUT2D eigenvalue weighted by Gasteiger charge is 2.35. The Morgan fingerprint density at radius 2 is 1.64 bits per heavy atom. The lowest BCUT2D eigenvalue weighted by Crippen LogP contribution is -2.53. The van der Waals surface area contributed by atoms with Crippen LogP contribution in [0.3, 0.4) is 0 Å². The maximum atomic E-state index is 14.2. The molecule has 236 valence electrons. The Balaban J connectivity index is 1.76. The Labute approximate surface area is 266 Å². The number of hydrogen-bond acceptors (Lipinski definition) is 6. The fraction of sp³-hybridized carbons (Fsp3) is 0.355. The molecule has 0 saturated carbocycles. The van der Waals surface area contributed by atoms with Crippen molar-refractivity contribution in [3.8, 4) is 11.5 Å². The van der Waals surface area contributed by atoms with E-state index >= 15 is 0 Å². The van der Waals surface area contributed by atoms with Gasteiger partial charge in [0.05, 0.1) is 10.6 Å². The fourth-order valence-corrected chi connectivity index (χ4v) is 6.54. The van der Waals surface area contributed by atoms with Crippen molar-refractivity contribution in [1.29, 1.82) is 0 Å². The van der Waals surface area contributed by atoms with E-state index in [0.29, 0.717) is 29.4 Å². The van der Waals surface area contributed by atoms with Crippen LogP contribution in [0.1, 0.15) is 39.2 Å². The van der Waals surface area contributed by atoms with Crippen molar-refractivity contribution >= 4 is 50.7 Å². The molecule has 1 heterocycles. The number of benzene rings is 3. The molecule has 9 nitrogen and oxygen atoms in total. The molecule has 1 aliphatic rings. The molecule has 44 heavy (non-hydrogen) atoms. The van der Waals surface area contributed by atoms with Crippen molar-refractivity contribution in [1.82, 2.24) is 10.2 Å². The molecule has 0 saturated heterocycles. The molecule has 0 fully saturated rings. The van der Waals surface area contributed by atoms with Crippen LogP contribution in [0.4, 0.5) is 10.1 Å². The zero-order chi connectivity index (χ0) is 32.0. The van der Waals surface area contributed by atoms with Crippen molar-refractivity contribution in [3.63, 3.8) is 0 Å². The van der Waals surface area contributed by atoms with Gasteiger partial charge in [0.2, 0.25) is 11.8 Å². The van der Waals surface area contributed by atoms with Crippen LogP contribution in [0.5, 0.6) is 11.5 Å². The van der Waals surface area contributed by atoms with Crippen molar-refractivity contribution in [3.05, 3.63) is 82.1 Å². The topological polar surface area (TPSA) is 105 Å². The Kier molecular flexibility index (Phi) is 11.0. The number of rotatable bonds is 12. The van der Waals surface area contributed by atoms with Crippen molar-refractivity contribution in [2.45, 2.75) is 57.1 Å². The number of sulfonamides is 1. The minimum absolute atomic E-state index is 0.0521. The summed E-state index contributed by atoms with van der Waals surface area (Å²) in [5.41, 5.74) is 0.568. The SMILES string of the molecule is CC[C@@H](C)NC(=O)[C@@H](CC)N(Cc1ccc(Cl)cc1Cl)C(=O)CN(c1ccc(F)cc1)S(=O)(=O)c1ccc2c(c1)OCCO2. The van der Waals surface area contributed by atoms with E-state index in [-0.39, 0.29) is 52.9 Å². The van der Waals surface area contributed by atoms with Crippen molar-refractivity contribution in [2.24, 2.45) is 0 Å². The molecule has 2 amide bonds. The Bertz CT molecular complexity index is 1610. The van der Waals surface area contributed by atoms with Crippen LogP contribution in [0.2, 0.25) is 10.0 Å². The van der Waals surface area contributed by atoms with Gasteiger partial charge < -0.3 is 19.7 Å². The molecule has 1 N–H and O–H groups in total. The Hall–Kier alpha value is -3.54. The molecular formula is C31H34Cl2FN3O6S. The second kappa shape index (κ2) is 14.5. The number of carbonyl (C=O) groups is 2. The summed E-state index contributed by atoms with van der Waals surface area (Å²) in [5, 5.41) is 3.59. The van der Waals surface area contributed by atoms with Crippen LogP contribution in [0.25, 0.3) is 0 Å². The monoisotopic (exact) mass is 665 g/mol. The zero-order valence-corrected chi connectivity index (χ0v) is 26.9. The van der Waals surface area contributed by atoms with Crippen molar-refractivity contribution < 1.29 is 31.9 Å². The van der Waals surface area contributed by atoms with Crippen LogP contribution in [-0.2, 0) is 26.2 Å². The molecule has 2 atom stereocenters. The first kappa shape index (κ1) is 33.4. The van der Waals surface area contributed by atoms with Gasteiger partial charge in [-0.25, -0.2) is 12.8 Å². The van der Waals surface area contributed by atoms with Gasteiger partial charge in [0.25, 0.3) is 10.0 Å². The normalized spacial score (nSPS) is 14.0. The summed E-state index contributed by atoms with van der Waals surface area (Å²) in [7, 11) is -4.41. The maximum Gasteiger partial charge on any atom is 0.264 e. The lowest BCUT2D eigenvalue weighted by Gasteiger charge is -2.34. The van der Waals surface area contributed by atoms with E-state index in [1.165, 1.54) is 41.3 Å². The Morgan fingerprint density at radius 1 is 0.955 bits per heavy atom. The van der Waals surface area contributed by atoms with Crippen LogP contribution in [0.15, 0.2) is 65.6 Å². The largest absolute Gasteiger partial charge is 0.486 e. The van der Waals surface area contributed by atoms with Gasteiger partial charge in [-0.15, -0.1) is 0 Å². The number of hydrogen-bond donors (Lipinski definition) is 1. The first-order chi connectivity index (χ1) is 20.9. The van der Waals surface area contributed by atoms with Gasteiger partial charge in [0.15, 0.2) is 11.5 Å². The summed E-state index contributed by atoms with van der Waals surface area (Å²) < 4.78 is 54.1. The first-order valence-corrected chi connectivity index (χ1v) is 16.4. The molecule has 0 aliphatic carbocycles. The molecule has 0 unspecified atom stereocenters. The highest BCUT2D eigenvalue weighted by Crippen LogP contribution is 2.34. The molecule has 4 rings (SSSR count). The number of nitrogens with zero attached hydrogens (tertiary/aromatic N) is 2. The summed E-state index contributed by atoms with van der Waals surface area (Å²) >= 11 is 12.5. The van der Waals surface area contributed by atoms with E-state index in [2.05, 4.69) is 5.32 Å². The number of ether oxygens (including phenoxy) is 2. The second-order valence-corrected chi connectivity index (χ2v) is 13.0. The van der Waals surface area contributed by atoms with Crippen LogP contribution < -0.4 is 19.1 Å². The average Bonchev–Trinajstić information content (AvgIpc) is 3.00. The highest BCUT2D eigenvalue weighted by molar-refractivity contribution is 7.92. The summed E-state index contributed by atoms with van der Waals surface area (Å²) in [4.78, 5) is 28.8. The summed E-state index contributed by atoms with van der Waals surface area (Å²) in [6.07, 6.45) is 0.913. The van der Waals surface area contributed by atoms with Gasteiger partial charge in [0.1, 0.15) is 31.6 Å². The van der Waals surface area contributed by atoms with E-state index in [1.807, 2.05) is 13.8 Å². The number of nitrogens with one attached hydrogen (secondary N) is 1. The predicted molar refractivity (Wildman–Crippen MR) is 167 cm³/mol. The predicted octanol–water partition coefficient (Wildman–Crippen LogP) is 5.82. The zero-order valence-electron chi connectivity index (χ0n) is 24.6. The van der Waals surface area contributed by atoms with Gasteiger partial charge in [-0.1, -0.05) is 43.1 Å². The van der Waals surface area contributed by atoms with E-state index in [1.54, 1.807) is 19.1 Å². The van der Waals surface area contributed by atoms with Gasteiger partial charge >= 0.3 is 0 Å². The standard InChI is InChI=1S/C31H34Cl2FN3O6S/c1-4-20(3)35-31(39)27(5-2)36(18-21-6-7-22(32)16-26(21)33)30(38)19-37(24-10-8-23(34)9-11-24)44(40,41)25-12-13-28-29(17-25)43-15-14-42-28/h6-13,16-17,20,27H,4-5,14-15,18-19H2,1-3H3,(H,35,39)/t20-,27-/m1/s1. The quantitative estimate of drug-likeness (QED) is 0.261. The molecule has 1 aliphatic heterocycles. The van der Waals surface area contributed by atoms with E-state index in [9.17, 15) is 22.4 Å². The molecule has 0 radical (unpaired) electrons. The lowest BCUT2D eigenvalue weighted by molar-refractivity contribution is -0.140. The van der Waals surface area contributed by atoms with Gasteiger partial charge in [-0.05, 0) is 73.9 Å². The average molecular weight is 667 g/mol. The minimum Gasteiger partial charge on any atom is -0.486 e. The third-order valence-electron chi connectivity index (χ3n) is 7.24. The molecule has 3 aromatic carbocycles. The third kappa shape index (κ3) is 7.75. The third-order valence-corrected chi connectivity index (χ3v) is 9.59. The number of amides is 2. The van der Waals surface area contributed by atoms with Crippen molar-refractivity contribution in [2.75, 3.05) is 24.1 Å². The second-order valence-electron chi connectivity index (χ2n) is 10.3. The number of halogens is 3. The number of carbonyl (C=O) groups excluding carboxylic acids is 2. The van der Waals surface area contributed by atoms with Gasteiger partial charge in [0, 0.05) is 28.7 Å². The molecular weight excluding hydrogens is 632 g/mol. The fourth-order valence-electron chi connectivity index (χ4n) is 4.64. The highest BCUT2D eigenvalue weighted by atomic mass is 35.5. The molecule has 3 aromatic rings. The molecule has 0 aromatic heterocycles. The smallest absolute Gasteiger partial charge is 0.264 e. The van der Waals surface area contributed by atoms with E-state index < -0.39 is 34.3 Å². The van der Waals surface area contributed by atoms with E-state index in [4.69, 9.17) is 32.7 Å². The van der Waals surface area contributed by atoms with Crippen LogP contribution >= 0.6 is 23.2 Å². The molecule has 13 heteroatoms. The van der Waals surface area contributed by atoms with Crippen LogP contribution in [0, 0.1) is 5.82 Å². The van der Waals surface area contributed by atoms with Gasteiger partial charge in [-0.3, -0.25) is 13.9 Å². The summed E-state index contributed by atoms with van der Waals surface area (Å²) in [5.74, 6) is -1.00. The number of fused-ring (bicyclic) bond motifs is 1. The minimum atomic E-state index is -4.41. The van der Waals surface area contributed by atoms with Gasteiger partial charge in [-0.2, -0.15) is 0 Å². The summed E-state index contributed by atoms with van der Waals surface area (Å²) in [6.45, 7) is 5.31. The maximum absolute atomic E-state index is 14.2. The number of anilines is 1. The molecule has 0 spiro atoms. The molecule has 0 bridgehead atoms. The Morgan fingerprint density at radius 3 is 2.27 bits per heavy atom. The van der Waals surface area contributed by atoms with E-state index in [0.717, 1.165) is 16.4 Å².